The molecule has 0 spiro atoms. The minimum atomic E-state index is -1.49. The number of hydrogen-bond acceptors (Lipinski definition) is 8. The third-order valence-corrected chi connectivity index (χ3v) is 5.64. The standard InChI is InChI=1S/C23H25FN6O2/c1-22(2,15-5-7-16(24)8-6-15)13-26-20-11-10-18(27-29-20)14-4-9-19-17(12-14)23(25,30-28-19)21(31)32-3/h4-12,28,30H,13,25H2,1-3H3,(H,26,29). The summed E-state index contributed by atoms with van der Waals surface area (Å²) in [7, 11) is 1.29. The summed E-state index contributed by atoms with van der Waals surface area (Å²) in [4.78, 5) is 12.2. The van der Waals surface area contributed by atoms with E-state index in [1.807, 2.05) is 24.3 Å². The molecule has 32 heavy (non-hydrogen) atoms. The van der Waals surface area contributed by atoms with Gasteiger partial charge in [0.1, 0.15) is 11.6 Å². The zero-order valence-electron chi connectivity index (χ0n) is 18.1. The van der Waals surface area contributed by atoms with Crippen LogP contribution in [0.15, 0.2) is 54.6 Å². The van der Waals surface area contributed by atoms with Gasteiger partial charge in [0.25, 0.3) is 0 Å². The molecule has 1 aliphatic rings. The monoisotopic (exact) mass is 436 g/mol. The first-order valence-electron chi connectivity index (χ1n) is 10.1. The van der Waals surface area contributed by atoms with Crippen molar-refractivity contribution in [3.05, 3.63) is 71.5 Å². The predicted molar refractivity (Wildman–Crippen MR) is 120 cm³/mol. The number of aromatic nitrogens is 2. The maximum Gasteiger partial charge on any atom is 0.347 e. The topological polar surface area (TPSA) is 114 Å². The average Bonchev–Trinajstić information content (AvgIpc) is 3.15. The van der Waals surface area contributed by atoms with Crippen molar-refractivity contribution in [2.24, 2.45) is 5.73 Å². The number of hydrazine groups is 1. The lowest BCUT2D eigenvalue weighted by atomic mass is 9.84. The van der Waals surface area contributed by atoms with Crippen molar-refractivity contribution in [1.82, 2.24) is 15.6 Å². The highest BCUT2D eigenvalue weighted by atomic mass is 19.1. The molecule has 1 atom stereocenters. The van der Waals surface area contributed by atoms with E-state index < -0.39 is 11.6 Å². The lowest BCUT2D eigenvalue weighted by molar-refractivity contribution is -0.148. The number of rotatable bonds is 6. The molecule has 3 aromatic rings. The molecular formula is C23H25FN6O2. The molecule has 9 heteroatoms. The number of nitrogens with zero attached hydrogens (tertiary/aromatic N) is 2. The molecule has 5 N–H and O–H groups in total. The molecule has 166 valence electrons. The molecule has 0 amide bonds. The van der Waals surface area contributed by atoms with Gasteiger partial charge in [-0.1, -0.05) is 32.0 Å². The lowest BCUT2D eigenvalue weighted by Gasteiger charge is -2.25. The third-order valence-electron chi connectivity index (χ3n) is 5.64. The second-order valence-electron chi connectivity index (χ2n) is 8.36. The van der Waals surface area contributed by atoms with Gasteiger partial charge in [-0.05, 0) is 42.0 Å². The Kier molecular flexibility index (Phi) is 5.53. The van der Waals surface area contributed by atoms with E-state index in [2.05, 4.69) is 40.2 Å². The normalized spacial score (nSPS) is 17.4. The number of nitrogens with one attached hydrogen (secondary N) is 3. The molecule has 1 aliphatic heterocycles. The van der Waals surface area contributed by atoms with Gasteiger partial charge >= 0.3 is 5.97 Å². The summed E-state index contributed by atoms with van der Waals surface area (Å²) in [6, 6.07) is 15.6. The van der Waals surface area contributed by atoms with Gasteiger partial charge in [-0.3, -0.25) is 5.73 Å². The van der Waals surface area contributed by atoms with Gasteiger partial charge in [0.2, 0.25) is 5.66 Å². The molecule has 0 radical (unpaired) electrons. The molecule has 0 saturated carbocycles. The molecule has 2 aromatic carbocycles. The summed E-state index contributed by atoms with van der Waals surface area (Å²) in [6.45, 7) is 4.74. The Hall–Kier alpha value is -3.56. The smallest absolute Gasteiger partial charge is 0.347 e. The maximum absolute atomic E-state index is 13.2. The summed E-state index contributed by atoms with van der Waals surface area (Å²) < 4.78 is 18.0. The molecule has 2 heterocycles. The highest BCUT2D eigenvalue weighted by Crippen LogP contribution is 2.34. The molecule has 0 fully saturated rings. The van der Waals surface area contributed by atoms with E-state index in [0.29, 0.717) is 29.3 Å². The lowest BCUT2D eigenvalue weighted by Crippen LogP contribution is -2.55. The zero-order valence-corrected chi connectivity index (χ0v) is 18.1. The van der Waals surface area contributed by atoms with Crippen molar-refractivity contribution in [2.45, 2.75) is 24.9 Å². The average molecular weight is 436 g/mol. The maximum atomic E-state index is 13.2. The van der Waals surface area contributed by atoms with Gasteiger partial charge in [-0.2, -0.15) is 0 Å². The Balaban J connectivity index is 1.49. The molecule has 0 bridgehead atoms. The predicted octanol–water partition coefficient (Wildman–Crippen LogP) is 2.89. The van der Waals surface area contributed by atoms with Gasteiger partial charge in [0.05, 0.1) is 18.5 Å². The molecular weight excluding hydrogens is 411 g/mol. The van der Waals surface area contributed by atoms with Crippen LogP contribution in [0.3, 0.4) is 0 Å². The number of esters is 1. The number of methoxy groups -OCH3 is 1. The first kappa shape index (κ1) is 21.7. The number of carbonyl (C=O) groups excluding carboxylic acids is 1. The fraction of sp³-hybridized carbons (Fsp3) is 0.261. The van der Waals surface area contributed by atoms with E-state index >= 15 is 0 Å². The van der Waals surface area contributed by atoms with E-state index in [0.717, 1.165) is 11.1 Å². The van der Waals surface area contributed by atoms with Crippen molar-refractivity contribution in [3.8, 4) is 11.3 Å². The SMILES string of the molecule is COC(=O)C1(N)NNc2ccc(-c3ccc(NCC(C)(C)c4ccc(F)cc4)nn3)cc21. The Morgan fingerprint density at radius 1 is 1.16 bits per heavy atom. The first-order valence-corrected chi connectivity index (χ1v) is 10.1. The van der Waals surface area contributed by atoms with Crippen LogP contribution >= 0.6 is 0 Å². The van der Waals surface area contributed by atoms with Crippen LogP contribution in [-0.2, 0) is 20.6 Å². The highest BCUT2D eigenvalue weighted by molar-refractivity contribution is 5.87. The van der Waals surface area contributed by atoms with Gasteiger partial charge in [-0.25, -0.2) is 14.6 Å². The number of nitrogens with two attached hydrogens (primary N) is 1. The minimum absolute atomic E-state index is 0.230. The fourth-order valence-electron chi connectivity index (χ4n) is 3.59. The molecule has 4 rings (SSSR count). The largest absolute Gasteiger partial charge is 0.466 e. The minimum Gasteiger partial charge on any atom is -0.466 e. The number of ether oxygens (including phenoxy) is 1. The van der Waals surface area contributed by atoms with E-state index in [-0.39, 0.29) is 11.2 Å². The zero-order chi connectivity index (χ0) is 22.9. The van der Waals surface area contributed by atoms with Crippen LogP contribution in [0, 0.1) is 5.82 Å². The van der Waals surface area contributed by atoms with Gasteiger partial charge in [-0.15, -0.1) is 10.2 Å². The van der Waals surface area contributed by atoms with Crippen LogP contribution in [-0.4, -0.2) is 29.8 Å². The number of fused-ring (bicyclic) bond motifs is 1. The van der Waals surface area contributed by atoms with E-state index in [1.165, 1.54) is 19.2 Å². The van der Waals surface area contributed by atoms with E-state index in [4.69, 9.17) is 10.5 Å². The molecule has 1 aromatic heterocycles. The fourth-order valence-corrected chi connectivity index (χ4v) is 3.59. The van der Waals surface area contributed by atoms with E-state index in [1.54, 1.807) is 18.2 Å². The Morgan fingerprint density at radius 3 is 2.56 bits per heavy atom. The van der Waals surface area contributed by atoms with Crippen LogP contribution in [0.1, 0.15) is 25.0 Å². The summed E-state index contributed by atoms with van der Waals surface area (Å²) in [5.74, 6) is -0.234. The summed E-state index contributed by atoms with van der Waals surface area (Å²) in [5.41, 5.74) is 13.8. The summed E-state index contributed by atoms with van der Waals surface area (Å²) >= 11 is 0. The van der Waals surface area contributed by atoms with Crippen LogP contribution in [0.2, 0.25) is 0 Å². The second-order valence-corrected chi connectivity index (χ2v) is 8.36. The van der Waals surface area contributed by atoms with Crippen molar-refractivity contribution in [1.29, 1.82) is 0 Å². The van der Waals surface area contributed by atoms with Crippen LogP contribution in [0.5, 0.6) is 0 Å². The van der Waals surface area contributed by atoms with Gasteiger partial charge < -0.3 is 15.5 Å². The molecule has 1 unspecified atom stereocenters. The first-order chi connectivity index (χ1) is 15.2. The number of anilines is 2. The van der Waals surface area contributed by atoms with Gasteiger partial charge in [0.15, 0.2) is 0 Å². The molecule has 0 aliphatic carbocycles. The summed E-state index contributed by atoms with van der Waals surface area (Å²) in [5, 5.41) is 11.9. The van der Waals surface area contributed by atoms with Crippen molar-refractivity contribution in [3.63, 3.8) is 0 Å². The Morgan fingerprint density at radius 2 is 1.91 bits per heavy atom. The quantitative estimate of drug-likeness (QED) is 0.436. The van der Waals surface area contributed by atoms with Crippen LogP contribution in [0.25, 0.3) is 11.3 Å². The highest BCUT2D eigenvalue weighted by Gasteiger charge is 2.43. The van der Waals surface area contributed by atoms with Crippen LogP contribution in [0.4, 0.5) is 15.9 Å². The molecule has 0 saturated heterocycles. The summed E-state index contributed by atoms with van der Waals surface area (Å²) in [6.07, 6.45) is 0. The van der Waals surface area contributed by atoms with Crippen LogP contribution < -0.4 is 21.9 Å². The Bertz CT molecular complexity index is 1130. The Labute approximate surface area is 185 Å². The van der Waals surface area contributed by atoms with Gasteiger partial charge in [0, 0.05) is 23.1 Å². The van der Waals surface area contributed by atoms with Crippen molar-refractivity contribution in [2.75, 3.05) is 24.4 Å². The number of carbonyl (C=O) groups is 1. The van der Waals surface area contributed by atoms with Crippen molar-refractivity contribution >= 4 is 17.5 Å². The third kappa shape index (κ3) is 4.00. The number of benzene rings is 2. The molecule has 8 nitrogen and oxygen atoms in total. The second kappa shape index (κ2) is 8.18. The number of hydrogen-bond donors (Lipinski definition) is 4. The number of halogens is 1. The van der Waals surface area contributed by atoms with Crippen molar-refractivity contribution < 1.29 is 13.9 Å². The van der Waals surface area contributed by atoms with E-state index in [9.17, 15) is 9.18 Å².